The first-order valence-electron chi connectivity index (χ1n) is 10.1. The highest BCUT2D eigenvalue weighted by molar-refractivity contribution is 6.40. The zero-order valence-electron chi connectivity index (χ0n) is 17.6. The fourth-order valence-corrected chi connectivity index (χ4v) is 3.21. The molecular formula is C23H25FN4O3. The van der Waals surface area contributed by atoms with Crippen LogP contribution in [0.2, 0.25) is 0 Å². The van der Waals surface area contributed by atoms with Gasteiger partial charge in [-0.1, -0.05) is 24.3 Å². The predicted octanol–water partition coefficient (Wildman–Crippen LogP) is 2.78. The van der Waals surface area contributed by atoms with Gasteiger partial charge in [-0.15, -0.1) is 0 Å². The molecule has 0 unspecified atom stereocenters. The molecule has 31 heavy (non-hydrogen) atoms. The molecule has 0 aromatic heterocycles. The Hall–Kier alpha value is -3.55. The van der Waals surface area contributed by atoms with Gasteiger partial charge in [-0.3, -0.25) is 14.4 Å². The van der Waals surface area contributed by atoms with Crippen molar-refractivity contribution >= 4 is 29.1 Å². The van der Waals surface area contributed by atoms with Crippen molar-refractivity contribution in [3.8, 4) is 0 Å². The zero-order valence-corrected chi connectivity index (χ0v) is 17.6. The fourth-order valence-electron chi connectivity index (χ4n) is 3.21. The molecule has 162 valence electrons. The van der Waals surface area contributed by atoms with E-state index in [1.54, 1.807) is 25.1 Å². The summed E-state index contributed by atoms with van der Waals surface area (Å²) >= 11 is 0. The van der Waals surface area contributed by atoms with Gasteiger partial charge in [0, 0.05) is 25.9 Å². The lowest BCUT2D eigenvalue weighted by Gasteiger charge is -2.26. The molecule has 0 bridgehead atoms. The maximum atomic E-state index is 13.0. The monoisotopic (exact) mass is 424 g/mol. The van der Waals surface area contributed by atoms with Crippen LogP contribution < -0.4 is 10.3 Å². The number of nitrogens with zero attached hydrogens (tertiary/aromatic N) is 3. The van der Waals surface area contributed by atoms with Gasteiger partial charge in [0.25, 0.3) is 5.91 Å². The molecule has 0 spiro atoms. The summed E-state index contributed by atoms with van der Waals surface area (Å²) in [6.07, 6.45) is 0.403. The summed E-state index contributed by atoms with van der Waals surface area (Å²) in [5, 5.41) is 8.28. The highest BCUT2D eigenvalue weighted by Crippen LogP contribution is 2.21. The number of halogens is 1. The largest absolute Gasteiger partial charge is 0.350 e. The van der Waals surface area contributed by atoms with Crippen LogP contribution in [0.15, 0.2) is 53.6 Å². The third kappa shape index (κ3) is 5.75. The maximum absolute atomic E-state index is 13.0. The number of carbonyl (C=O) groups excluding carboxylic acids is 3. The van der Waals surface area contributed by atoms with Crippen molar-refractivity contribution in [3.63, 3.8) is 0 Å². The van der Waals surface area contributed by atoms with Crippen molar-refractivity contribution in [1.82, 2.24) is 10.2 Å². The average Bonchev–Trinajstić information content (AvgIpc) is 2.77. The van der Waals surface area contributed by atoms with Crippen LogP contribution in [0.5, 0.6) is 0 Å². The molecule has 8 heteroatoms. The molecule has 0 saturated carbocycles. The SMILES string of the molecule is CCN(CC(=O)NCc1ccc(F)cc1)C(=O)C1=NN(c2cccc(C)c2)C(=O)CC1. The van der Waals surface area contributed by atoms with Gasteiger partial charge in [0.2, 0.25) is 11.8 Å². The third-order valence-corrected chi connectivity index (χ3v) is 4.93. The lowest BCUT2D eigenvalue weighted by Crippen LogP contribution is -2.45. The van der Waals surface area contributed by atoms with Crippen molar-refractivity contribution in [2.24, 2.45) is 5.10 Å². The first kappa shape index (κ1) is 22.1. The van der Waals surface area contributed by atoms with Gasteiger partial charge < -0.3 is 10.2 Å². The highest BCUT2D eigenvalue weighted by Gasteiger charge is 2.28. The molecule has 2 aromatic rings. The van der Waals surface area contributed by atoms with E-state index < -0.39 is 0 Å². The van der Waals surface area contributed by atoms with Crippen LogP contribution in [0.4, 0.5) is 10.1 Å². The van der Waals surface area contributed by atoms with Gasteiger partial charge in [-0.25, -0.2) is 9.40 Å². The van der Waals surface area contributed by atoms with Crippen LogP contribution in [-0.4, -0.2) is 41.4 Å². The quantitative estimate of drug-likeness (QED) is 0.742. The summed E-state index contributed by atoms with van der Waals surface area (Å²) < 4.78 is 13.0. The van der Waals surface area contributed by atoms with Crippen LogP contribution in [0.25, 0.3) is 0 Å². The van der Waals surface area contributed by atoms with Crippen LogP contribution in [0.3, 0.4) is 0 Å². The number of carbonyl (C=O) groups is 3. The molecule has 3 amide bonds. The molecule has 1 heterocycles. The van der Waals surface area contributed by atoms with E-state index in [4.69, 9.17) is 0 Å². The smallest absolute Gasteiger partial charge is 0.270 e. The number of anilines is 1. The van der Waals surface area contributed by atoms with Gasteiger partial charge in [0.05, 0.1) is 12.2 Å². The standard InChI is InChI=1S/C23H25FN4O3/c1-3-27(15-21(29)25-14-17-7-9-18(24)10-8-17)23(31)20-11-12-22(30)28(26-20)19-6-4-5-16(2)13-19/h4-10,13H,3,11-12,14-15H2,1-2H3,(H,25,29). The minimum absolute atomic E-state index is 0.131. The van der Waals surface area contributed by atoms with Gasteiger partial charge in [0.1, 0.15) is 11.5 Å². The van der Waals surface area contributed by atoms with Crippen molar-refractivity contribution in [3.05, 3.63) is 65.5 Å². The maximum Gasteiger partial charge on any atom is 0.270 e. The van der Waals surface area contributed by atoms with Gasteiger partial charge in [-0.2, -0.15) is 5.10 Å². The first-order chi connectivity index (χ1) is 14.9. The Labute approximate surface area is 180 Å². The van der Waals surface area contributed by atoms with Crippen molar-refractivity contribution < 1.29 is 18.8 Å². The summed E-state index contributed by atoms with van der Waals surface area (Å²) in [7, 11) is 0. The molecule has 1 aliphatic heterocycles. The molecule has 0 saturated heterocycles. The Morgan fingerprint density at radius 2 is 1.90 bits per heavy atom. The summed E-state index contributed by atoms with van der Waals surface area (Å²) in [5.74, 6) is -1.22. The van der Waals surface area contributed by atoms with E-state index in [2.05, 4.69) is 10.4 Å². The van der Waals surface area contributed by atoms with Gasteiger partial charge in [-0.05, 0) is 49.2 Å². The van der Waals surface area contributed by atoms with E-state index in [9.17, 15) is 18.8 Å². The lowest BCUT2D eigenvalue weighted by atomic mass is 10.1. The summed E-state index contributed by atoms with van der Waals surface area (Å²) in [6.45, 7) is 4.12. The Balaban J connectivity index is 1.66. The minimum Gasteiger partial charge on any atom is -0.350 e. The lowest BCUT2D eigenvalue weighted by molar-refractivity contribution is -0.131. The number of hydrogen-bond donors (Lipinski definition) is 1. The van der Waals surface area contributed by atoms with Crippen molar-refractivity contribution in [2.75, 3.05) is 18.1 Å². The van der Waals surface area contributed by atoms with E-state index in [1.165, 1.54) is 22.0 Å². The second-order valence-electron chi connectivity index (χ2n) is 7.31. The Morgan fingerprint density at radius 3 is 2.58 bits per heavy atom. The molecule has 2 aromatic carbocycles. The number of nitrogens with one attached hydrogen (secondary N) is 1. The average molecular weight is 424 g/mol. The Bertz CT molecular complexity index is 1000. The molecule has 0 aliphatic carbocycles. The fraction of sp³-hybridized carbons (Fsp3) is 0.304. The Morgan fingerprint density at radius 1 is 1.16 bits per heavy atom. The van der Waals surface area contributed by atoms with E-state index in [0.29, 0.717) is 12.2 Å². The zero-order chi connectivity index (χ0) is 22.4. The molecule has 1 aliphatic rings. The van der Waals surface area contributed by atoms with Gasteiger partial charge >= 0.3 is 0 Å². The van der Waals surface area contributed by atoms with Crippen molar-refractivity contribution in [1.29, 1.82) is 0 Å². The second-order valence-corrected chi connectivity index (χ2v) is 7.31. The van der Waals surface area contributed by atoms with E-state index in [0.717, 1.165) is 11.1 Å². The number of rotatable bonds is 7. The first-order valence-corrected chi connectivity index (χ1v) is 10.1. The molecule has 3 rings (SSSR count). The number of benzene rings is 2. The molecule has 0 atom stereocenters. The number of hydrogen-bond acceptors (Lipinski definition) is 4. The summed E-state index contributed by atoms with van der Waals surface area (Å²) in [5.41, 5.74) is 2.59. The van der Waals surface area contributed by atoms with Crippen LogP contribution in [0, 0.1) is 12.7 Å². The summed E-state index contributed by atoms with van der Waals surface area (Å²) in [4.78, 5) is 39.0. The topological polar surface area (TPSA) is 82.1 Å². The normalized spacial score (nSPS) is 13.6. The minimum atomic E-state index is -0.371. The number of likely N-dealkylation sites (N-methyl/N-ethyl adjacent to an activating group) is 1. The van der Waals surface area contributed by atoms with Crippen LogP contribution in [-0.2, 0) is 20.9 Å². The second kappa shape index (κ2) is 9.97. The molecule has 1 N–H and O–H groups in total. The highest BCUT2D eigenvalue weighted by atomic mass is 19.1. The summed E-state index contributed by atoms with van der Waals surface area (Å²) in [6, 6.07) is 13.2. The number of hydrazone groups is 1. The Kier molecular flexibility index (Phi) is 7.12. The molecular weight excluding hydrogens is 399 g/mol. The van der Waals surface area contributed by atoms with E-state index in [-0.39, 0.29) is 55.2 Å². The number of aryl methyl sites for hydroxylation is 1. The third-order valence-electron chi connectivity index (χ3n) is 4.93. The van der Waals surface area contributed by atoms with E-state index in [1.807, 2.05) is 25.1 Å². The van der Waals surface area contributed by atoms with Crippen LogP contribution in [0.1, 0.15) is 30.9 Å². The molecule has 0 fully saturated rings. The van der Waals surface area contributed by atoms with Crippen LogP contribution >= 0.6 is 0 Å². The van der Waals surface area contributed by atoms with Crippen molar-refractivity contribution in [2.45, 2.75) is 33.2 Å². The number of amides is 3. The predicted molar refractivity (Wildman–Crippen MR) is 116 cm³/mol. The molecule has 7 nitrogen and oxygen atoms in total. The molecule has 0 radical (unpaired) electrons. The van der Waals surface area contributed by atoms with E-state index >= 15 is 0 Å². The van der Waals surface area contributed by atoms with Gasteiger partial charge in [0.15, 0.2) is 0 Å².